The van der Waals surface area contributed by atoms with Crippen molar-refractivity contribution in [2.75, 3.05) is 5.32 Å². The van der Waals surface area contributed by atoms with Crippen molar-refractivity contribution in [3.63, 3.8) is 0 Å². The highest BCUT2D eigenvalue weighted by molar-refractivity contribution is 7.22. The Hall–Kier alpha value is -3.39. The van der Waals surface area contributed by atoms with Gasteiger partial charge in [-0.1, -0.05) is 23.5 Å². The largest absolute Gasteiger partial charge is 0.300 e. The molecule has 0 aliphatic rings. The Labute approximate surface area is 152 Å². The topological polar surface area (TPSA) is 89.8 Å². The van der Waals surface area contributed by atoms with Gasteiger partial charge in [-0.05, 0) is 30.3 Å². The highest BCUT2D eigenvalue weighted by Crippen LogP contribution is 2.25. The monoisotopic (exact) mass is 363 g/mol. The SMILES string of the molecule is O=C(Cn1nc(-c2ccncc2)ccc1=O)Nc1nc2ccccc2s1. The van der Waals surface area contributed by atoms with Crippen LogP contribution in [0.3, 0.4) is 0 Å². The van der Waals surface area contributed by atoms with E-state index in [0.717, 1.165) is 20.5 Å². The van der Waals surface area contributed by atoms with Crippen molar-refractivity contribution in [2.24, 2.45) is 0 Å². The predicted octanol–water partition coefficient (Wildman–Crippen LogP) is 2.55. The summed E-state index contributed by atoms with van der Waals surface area (Å²) in [6, 6.07) is 14.2. The first-order chi connectivity index (χ1) is 12.7. The second-order valence-electron chi connectivity index (χ2n) is 5.49. The van der Waals surface area contributed by atoms with E-state index < -0.39 is 0 Å². The number of thiazole rings is 1. The summed E-state index contributed by atoms with van der Waals surface area (Å²) in [5.74, 6) is -0.356. The van der Waals surface area contributed by atoms with Crippen LogP contribution in [0.15, 0.2) is 65.7 Å². The standard InChI is InChI=1S/C18H13N5O2S/c24-16(21-18-20-14-3-1-2-4-15(14)26-18)11-23-17(25)6-5-13(22-23)12-7-9-19-10-8-12/h1-10H,11H2,(H,20,21,24). The third-order valence-corrected chi connectivity index (χ3v) is 4.63. The number of carbonyl (C=O) groups is 1. The van der Waals surface area contributed by atoms with Gasteiger partial charge in [0.2, 0.25) is 5.91 Å². The van der Waals surface area contributed by atoms with Crippen molar-refractivity contribution < 1.29 is 4.79 Å². The van der Waals surface area contributed by atoms with Gasteiger partial charge in [-0.3, -0.25) is 14.6 Å². The number of aromatic nitrogens is 4. The molecule has 0 spiro atoms. The summed E-state index contributed by atoms with van der Waals surface area (Å²) in [5.41, 5.74) is 1.89. The fourth-order valence-corrected chi connectivity index (χ4v) is 3.34. The summed E-state index contributed by atoms with van der Waals surface area (Å²) in [4.78, 5) is 32.6. The third-order valence-electron chi connectivity index (χ3n) is 3.68. The Kier molecular flexibility index (Phi) is 4.24. The first-order valence-electron chi connectivity index (χ1n) is 7.83. The Morgan fingerprint density at radius 1 is 1.08 bits per heavy atom. The molecule has 0 aliphatic heterocycles. The molecule has 1 aromatic carbocycles. The predicted molar refractivity (Wildman–Crippen MR) is 100.0 cm³/mol. The molecule has 0 atom stereocenters. The molecule has 1 amide bonds. The highest BCUT2D eigenvalue weighted by Gasteiger charge is 2.11. The van der Waals surface area contributed by atoms with Crippen molar-refractivity contribution >= 4 is 32.6 Å². The summed E-state index contributed by atoms with van der Waals surface area (Å²) in [6.07, 6.45) is 3.29. The van der Waals surface area contributed by atoms with Gasteiger partial charge in [-0.25, -0.2) is 9.67 Å². The number of fused-ring (bicyclic) bond motifs is 1. The number of nitrogens with zero attached hydrogens (tertiary/aromatic N) is 4. The molecule has 0 radical (unpaired) electrons. The molecular formula is C18H13N5O2S. The van der Waals surface area contributed by atoms with Crippen LogP contribution in [0.1, 0.15) is 0 Å². The Balaban J connectivity index is 1.54. The summed E-state index contributed by atoms with van der Waals surface area (Å²) in [6.45, 7) is -0.187. The van der Waals surface area contributed by atoms with Gasteiger partial charge in [-0.2, -0.15) is 5.10 Å². The molecule has 7 nitrogen and oxygen atoms in total. The van der Waals surface area contributed by atoms with E-state index in [2.05, 4.69) is 20.4 Å². The lowest BCUT2D eigenvalue weighted by molar-refractivity contribution is -0.117. The number of benzene rings is 1. The zero-order chi connectivity index (χ0) is 17.9. The molecule has 4 rings (SSSR count). The molecule has 0 unspecified atom stereocenters. The molecule has 0 saturated carbocycles. The number of rotatable bonds is 4. The minimum Gasteiger partial charge on any atom is -0.300 e. The lowest BCUT2D eigenvalue weighted by Crippen LogP contribution is -2.29. The van der Waals surface area contributed by atoms with E-state index in [1.807, 2.05) is 24.3 Å². The van der Waals surface area contributed by atoms with Gasteiger partial charge in [-0.15, -0.1) is 0 Å². The average Bonchev–Trinajstić information content (AvgIpc) is 3.06. The molecule has 26 heavy (non-hydrogen) atoms. The van der Waals surface area contributed by atoms with Crippen LogP contribution in [-0.4, -0.2) is 25.7 Å². The van der Waals surface area contributed by atoms with E-state index in [1.54, 1.807) is 30.6 Å². The minimum atomic E-state index is -0.356. The number of carbonyl (C=O) groups excluding carboxylic acids is 1. The zero-order valence-electron chi connectivity index (χ0n) is 13.5. The molecular weight excluding hydrogens is 350 g/mol. The molecule has 128 valence electrons. The van der Waals surface area contributed by atoms with Crippen LogP contribution in [0.25, 0.3) is 21.5 Å². The van der Waals surface area contributed by atoms with E-state index >= 15 is 0 Å². The molecule has 0 aliphatic carbocycles. The van der Waals surface area contributed by atoms with E-state index in [0.29, 0.717) is 10.8 Å². The number of pyridine rings is 1. The lowest BCUT2D eigenvalue weighted by Gasteiger charge is -2.06. The van der Waals surface area contributed by atoms with Crippen molar-refractivity contribution in [1.82, 2.24) is 19.7 Å². The van der Waals surface area contributed by atoms with Gasteiger partial charge < -0.3 is 5.32 Å². The normalized spacial score (nSPS) is 10.8. The number of hydrogen-bond acceptors (Lipinski definition) is 6. The van der Waals surface area contributed by atoms with Crippen LogP contribution in [0.2, 0.25) is 0 Å². The molecule has 1 N–H and O–H groups in total. The van der Waals surface area contributed by atoms with Gasteiger partial charge in [0.05, 0.1) is 15.9 Å². The van der Waals surface area contributed by atoms with E-state index in [9.17, 15) is 9.59 Å². The van der Waals surface area contributed by atoms with Gasteiger partial charge in [0.15, 0.2) is 5.13 Å². The summed E-state index contributed by atoms with van der Waals surface area (Å²) in [7, 11) is 0. The van der Waals surface area contributed by atoms with E-state index in [1.165, 1.54) is 17.4 Å². The van der Waals surface area contributed by atoms with Crippen molar-refractivity contribution in [2.45, 2.75) is 6.54 Å². The van der Waals surface area contributed by atoms with Crippen LogP contribution in [-0.2, 0) is 11.3 Å². The molecule has 3 aromatic heterocycles. The Morgan fingerprint density at radius 2 is 1.88 bits per heavy atom. The maximum absolute atomic E-state index is 12.3. The van der Waals surface area contributed by atoms with Gasteiger partial charge in [0.1, 0.15) is 6.54 Å². The average molecular weight is 363 g/mol. The Morgan fingerprint density at radius 3 is 2.69 bits per heavy atom. The molecule has 4 aromatic rings. The van der Waals surface area contributed by atoms with Crippen molar-refractivity contribution in [3.05, 3.63) is 71.3 Å². The van der Waals surface area contributed by atoms with Gasteiger partial charge in [0, 0.05) is 24.0 Å². The van der Waals surface area contributed by atoms with E-state index in [4.69, 9.17) is 0 Å². The highest BCUT2D eigenvalue weighted by atomic mass is 32.1. The lowest BCUT2D eigenvalue weighted by atomic mass is 10.2. The van der Waals surface area contributed by atoms with Crippen molar-refractivity contribution in [3.8, 4) is 11.3 Å². The summed E-state index contributed by atoms with van der Waals surface area (Å²) >= 11 is 1.38. The Bertz CT molecular complexity index is 1100. The minimum absolute atomic E-state index is 0.187. The first-order valence-corrected chi connectivity index (χ1v) is 8.65. The van der Waals surface area contributed by atoms with Gasteiger partial charge in [0.25, 0.3) is 5.56 Å². The summed E-state index contributed by atoms with van der Waals surface area (Å²) in [5, 5.41) is 7.49. The zero-order valence-corrected chi connectivity index (χ0v) is 14.3. The molecule has 0 bridgehead atoms. The second kappa shape index (κ2) is 6.85. The molecule has 0 saturated heterocycles. The maximum atomic E-state index is 12.3. The summed E-state index contributed by atoms with van der Waals surface area (Å²) < 4.78 is 2.12. The number of para-hydroxylation sites is 1. The van der Waals surface area contributed by atoms with Crippen LogP contribution in [0.4, 0.5) is 5.13 Å². The quantitative estimate of drug-likeness (QED) is 0.602. The van der Waals surface area contributed by atoms with Crippen LogP contribution in [0.5, 0.6) is 0 Å². The maximum Gasteiger partial charge on any atom is 0.267 e. The number of hydrogen-bond donors (Lipinski definition) is 1. The van der Waals surface area contributed by atoms with Gasteiger partial charge >= 0.3 is 0 Å². The number of nitrogens with one attached hydrogen (secondary N) is 1. The third kappa shape index (κ3) is 3.35. The smallest absolute Gasteiger partial charge is 0.267 e. The number of amides is 1. The molecule has 8 heteroatoms. The fraction of sp³-hybridized carbons (Fsp3) is 0.0556. The number of anilines is 1. The molecule has 3 heterocycles. The van der Waals surface area contributed by atoms with E-state index in [-0.39, 0.29) is 18.0 Å². The van der Waals surface area contributed by atoms with Crippen LogP contribution < -0.4 is 10.9 Å². The second-order valence-corrected chi connectivity index (χ2v) is 6.52. The van der Waals surface area contributed by atoms with Crippen LogP contribution in [0, 0.1) is 0 Å². The first kappa shape index (κ1) is 16.1. The fourth-order valence-electron chi connectivity index (χ4n) is 2.46. The van der Waals surface area contributed by atoms with Crippen molar-refractivity contribution in [1.29, 1.82) is 0 Å². The molecule has 0 fully saturated rings. The van der Waals surface area contributed by atoms with Crippen LogP contribution >= 0.6 is 11.3 Å².